The number of benzene rings is 1. The molecule has 0 aliphatic carbocycles. The highest BCUT2D eigenvalue weighted by atomic mass is 16.5. The lowest BCUT2D eigenvalue weighted by Crippen LogP contribution is -2.14. The third-order valence-electron chi connectivity index (χ3n) is 2.63. The van der Waals surface area contributed by atoms with Crippen LogP contribution in [0.3, 0.4) is 0 Å². The number of amides is 1. The van der Waals surface area contributed by atoms with Crippen molar-refractivity contribution in [2.45, 2.75) is 13.8 Å². The van der Waals surface area contributed by atoms with Gasteiger partial charge in [-0.25, -0.2) is 0 Å². The van der Waals surface area contributed by atoms with E-state index in [1.807, 2.05) is 0 Å². The van der Waals surface area contributed by atoms with Crippen molar-refractivity contribution in [3.05, 3.63) is 40.7 Å². The van der Waals surface area contributed by atoms with Gasteiger partial charge < -0.3 is 9.63 Å². The Kier molecular flexibility index (Phi) is 4.13. The number of aliphatic hydroxyl groups excluding tert-OH is 1. The van der Waals surface area contributed by atoms with Gasteiger partial charge in [-0.05, 0) is 31.5 Å². The fourth-order valence-corrected chi connectivity index (χ4v) is 1.66. The Labute approximate surface area is 115 Å². The van der Waals surface area contributed by atoms with Gasteiger partial charge in [0.2, 0.25) is 0 Å². The minimum absolute atomic E-state index is 0.0544. The minimum atomic E-state index is -0.348. The topological polar surface area (TPSA) is 88.2 Å². The number of carbonyl (C=O) groups excluding carboxylic acids is 1. The molecule has 0 radical (unpaired) electrons. The Morgan fingerprint density at radius 3 is 2.90 bits per heavy atom. The molecule has 2 N–H and O–H groups in total. The summed E-state index contributed by atoms with van der Waals surface area (Å²) in [5, 5.41) is 14.8. The Morgan fingerprint density at radius 2 is 2.25 bits per heavy atom. The number of nitrogens with zero attached hydrogens (tertiary/aromatic N) is 2. The zero-order valence-corrected chi connectivity index (χ0v) is 11.1. The number of aryl methyl sites for hydroxylation is 1. The SMILES string of the molecule is Cc1noc(NC(=O)c2cccc(C#CCO)c2C)n1. The van der Waals surface area contributed by atoms with Crippen molar-refractivity contribution in [3.8, 4) is 11.8 Å². The molecule has 0 unspecified atom stereocenters. The molecule has 6 nitrogen and oxygen atoms in total. The zero-order valence-electron chi connectivity index (χ0n) is 11.1. The lowest BCUT2D eigenvalue weighted by atomic mass is 10.0. The van der Waals surface area contributed by atoms with Crippen LogP contribution in [0.5, 0.6) is 0 Å². The van der Waals surface area contributed by atoms with Gasteiger partial charge in [0.05, 0.1) is 0 Å². The van der Waals surface area contributed by atoms with Crippen LogP contribution in [0.1, 0.15) is 27.3 Å². The first kappa shape index (κ1) is 13.8. The lowest BCUT2D eigenvalue weighted by Gasteiger charge is -2.06. The van der Waals surface area contributed by atoms with E-state index in [1.165, 1.54) is 0 Å². The number of hydrogen-bond donors (Lipinski definition) is 2. The molecule has 0 aliphatic rings. The molecule has 1 aromatic carbocycles. The Bertz CT molecular complexity index is 695. The molecule has 6 heteroatoms. The summed E-state index contributed by atoms with van der Waals surface area (Å²) in [5.74, 6) is 5.45. The van der Waals surface area contributed by atoms with E-state index < -0.39 is 0 Å². The molecule has 0 fully saturated rings. The number of anilines is 1. The first-order valence-electron chi connectivity index (χ1n) is 5.93. The molecule has 0 spiro atoms. The van der Waals surface area contributed by atoms with Crippen molar-refractivity contribution in [1.29, 1.82) is 0 Å². The highest BCUT2D eigenvalue weighted by Crippen LogP contribution is 2.15. The van der Waals surface area contributed by atoms with Crippen LogP contribution < -0.4 is 5.32 Å². The highest BCUT2D eigenvalue weighted by Gasteiger charge is 2.13. The van der Waals surface area contributed by atoms with Crippen molar-refractivity contribution < 1.29 is 14.4 Å². The maximum atomic E-state index is 12.1. The van der Waals surface area contributed by atoms with E-state index in [0.29, 0.717) is 17.0 Å². The van der Waals surface area contributed by atoms with Crippen molar-refractivity contribution >= 4 is 11.9 Å². The van der Waals surface area contributed by atoms with Gasteiger partial charge in [0, 0.05) is 11.1 Å². The Balaban J connectivity index is 2.26. The number of carbonyl (C=O) groups is 1. The van der Waals surface area contributed by atoms with E-state index >= 15 is 0 Å². The smallest absolute Gasteiger partial charge is 0.328 e. The predicted molar refractivity (Wildman–Crippen MR) is 72.1 cm³/mol. The molecule has 0 saturated carbocycles. The molecule has 0 bridgehead atoms. The number of hydrogen-bond acceptors (Lipinski definition) is 5. The van der Waals surface area contributed by atoms with Crippen LogP contribution in [0.15, 0.2) is 22.7 Å². The summed E-state index contributed by atoms with van der Waals surface area (Å²) in [4.78, 5) is 16.0. The van der Waals surface area contributed by atoms with Crippen LogP contribution >= 0.6 is 0 Å². The van der Waals surface area contributed by atoms with Crippen LogP contribution in [0, 0.1) is 25.7 Å². The predicted octanol–water partition coefficient (Wildman–Crippen LogP) is 1.28. The molecule has 0 saturated heterocycles. The summed E-state index contributed by atoms with van der Waals surface area (Å²) >= 11 is 0. The summed E-state index contributed by atoms with van der Waals surface area (Å²) < 4.78 is 4.84. The average molecular weight is 271 g/mol. The van der Waals surface area contributed by atoms with E-state index in [1.54, 1.807) is 32.0 Å². The van der Waals surface area contributed by atoms with Crippen LogP contribution in [0.2, 0.25) is 0 Å². The summed E-state index contributed by atoms with van der Waals surface area (Å²) in [7, 11) is 0. The number of aliphatic hydroxyl groups is 1. The largest absolute Gasteiger partial charge is 0.384 e. The van der Waals surface area contributed by atoms with Gasteiger partial charge in [0.1, 0.15) is 6.61 Å². The number of aromatic nitrogens is 2. The maximum absolute atomic E-state index is 12.1. The van der Waals surface area contributed by atoms with Gasteiger partial charge in [-0.3, -0.25) is 10.1 Å². The number of nitrogens with one attached hydrogen (secondary N) is 1. The van der Waals surface area contributed by atoms with Crippen LogP contribution in [0.4, 0.5) is 6.01 Å². The van der Waals surface area contributed by atoms with Crippen molar-refractivity contribution in [3.63, 3.8) is 0 Å². The lowest BCUT2D eigenvalue weighted by molar-refractivity contribution is 0.102. The maximum Gasteiger partial charge on any atom is 0.328 e. The van der Waals surface area contributed by atoms with Crippen molar-refractivity contribution in [1.82, 2.24) is 10.1 Å². The highest BCUT2D eigenvalue weighted by molar-refractivity contribution is 6.04. The first-order valence-corrected chi connectivity index (χ1v) is 5.93. The third kappa shape index (κ3) is 3.02. The Morgan fingerprint density at radius 1 is 1.45 bits per heavy atom. The van der Waals surface area contributed by atoms with E-state index in [-0.39, 0.29) is 18.5 Å². The molecule has 2 rings (SSSR count). The fourth-order valence-electron chi connectivity index (χ4n) is 1.66. The molecule has 0 aliphatic heterocycles. The van der Waals surface area contributed by atoms with Gasteiger partial charge in [0.15, 0.2) is 5.82 Å². The van der Waals surface area contributed by atoms with Crippen LogP contribution in [-0.2, 0) is 0 Å². The monoisotopic (exact) mass is 271 g/mol. The summed E-state index contributed by atoms with van der Waals surface area (Å²) in [6.45, 7) is 3.22. The van der Waals surface area contributed by atoms with E-state index in [2.05, 4.69) is 27.3 Å². The fraction of sp³-hybridized carbons (Fsp3) is 0.214. The summed E-state index contributed by atoms with van der Waals surface area (Å²) in [5.41, 5.74) is 1.88. The van der Waals surface area contributed by atoms with E-state index in [9.17, 15) is 4.79 Å². The molecule has 2 aromatic rings. The molecule has 1 amide bonds. The normalized spacial score (nSPS) is 9.75. The first-order chi connectivity index (χ1) is 9.61. The summed E-state index contributed by atoms with van der Waals surface area (Å²) in [6, 6.07) is 5.24. The second kappa shape index (κ2) is 5.99. The third-order valence-corrected chi connectivity index (χ3v) is 2.63. The van der Waals surface area contributed by atoms with Crippen LogP contribution in [0.25, 0.3) is 0 Å². The van der Waals surface area contributed by atoms with Gasteiger partial charge in [-0.15, -0.1) is 0 Å². The van der Waals surface area contributed by atoms with Gasteiger partial charge in [-0.1, -0.05) is 23.1 Å². The average Bonchev–Trinajstić information content (AvgIpc) is 2.83. The van der Waals surface area contributed by atoms with Gasteiger partial charge in [0.25, 0.3) is 5.91 Å². The Hall–Kier alpha value is -2.65. The molecular weight excluding hydrogens is 258 g/mol. The summed E-state index contributed by atoms with van der Waals surface area (Å²) in [6.07, 6.45) is 0. The molecule has 1 heterocycles. The molecule has 20 heavy (non-hydrogen) atoms. The van der Waals surface area contributed by atoms with E-state index in [4.69, 9.17) is 9.63 Å². The number of rotatable bonds is 2. The second-order valence-electron chi connectivity index (χ2n) is 4.04. The molecule has 102 valence electrons. The molecule has 0 atom stereocenters. The zero-order chi connectivity index (χ0) is 14.5. The minimum Gasteiger partial charge on any atom is -0.384 e. The molecule has 1 aromatic heterocycles. The second-order valence-corrected chi connectivity index (χ2v) is 4.04. The quantitative estimate of drug-likeness (QED) is 0.803. The van der Waals surface area contributed by atoms with Gasteiger partial charge in [-0.2, -0.15) is 4.98 Å². The molecular formula is C14H13N3O3. The van der Waals surface area contributed by atoms with Gasteiger partial charge >= 0.3 is 6.01 Å². The van der Waals surface area contributed by atoms with Crippen molar-refractivity contribution in [2.24, 2.45) is 0 Å². The standard InChI is InChI=1S/C14H13N3O3/c1-9-11(6-4-8-18)5-3-7-12(9)13(19)16-14-15-10(2)17-20-14/h3,5,7,18H,8H2,1-2H3,(H,15,16,17,19). The van der Waals surface area contributed by atoms with Crippen molar-refractivity contribution in [2.75, 3.05) is 11.9 Å². The van der Waals surface area contributed by atoms with E-state index in [0.717, 1.165) is 5.56 Å². The van der Waals surface area contributed by atoms with Crippen LogP contribution in [-0.4, -0.2) is 27.8 Å².